The highest BCUT2D eigenvalue weighted by Gasteiger charge is 2.28. The van der Waals surface area contributed by atoms with Gasteiger partial charge in [-0.1, -0.05) is 12.1 Å². The molecule has 0 unspecified atom stereocenters. The highest BCUT2D eigenvalue weighted by atomic mass is 19.3. The maximum atomic E-state index is 13.4. The van der Waals surface area contributed by atoms with E-state index in [9.17, 15) is 18.4 Å². The van der Waals surface area contributed by atoms with Crippen LogP contribution in [0.15, 0.2) is 42.5 Å². The minimum Gasteiger partial charge on any atom is -0.469 e. The van der Waals surface area contributed by atoms with Gasteiger partial charge in [0, 0.05) is 24.2 Å². The molecule has 35 heavy (non-hydrogen) atoms. The average molecular weight is 484 g/mol. The number of hydrogen-bond donors (Lipinski definition) is 0. The number of para-hydroxylation sites is 1. The molecule has 0 radical (unpaired) electrons. The number of carbonyl (C=O) groups excluding carboxylic acids is 2. The van der Waals surface area contributed by atoms with Crippen molar-refractivity contribution in [1.82, 2.24) is 9.78 Å². The van der Waals surface area contributed by atoms with E-state index >= 15 is 0 Å². The van der Waals surface area contributed by atoms with Gasteiger partial charge < -0.3 is 14.4 Å². The van der Waals surface area contributed by atoms with Gasteiger partial charge in [0.2, 0.25) is 0 Å². The molecule has 0 atom stereocenters. The molecule has 0 saturated carbocycles. The number of amides is 1. The van der Waals surface area contributed by atoms with Crippen molar-refractivity contribution in [2.24, 2.45) is 0 Å². The molecule has 1 aromatic heterocycles. The summed E-state index contributed by atoms with van der Waals surface area (Å²) in [5, 5.41) is 4.60. The van der Waals surface area contributed by atoms with Crippen molar-refractivity contribution in [2.45, 2.75) is 46.1 Å². The van der Waals surface area contributed by atoms with E-state index in [0.717, 1.165) is 34.6 Å². The number of benzene rings is 2. The van der Waals surface area contributed by atoms with Crippen molar-refractivity contribution in [3.8, 4) is 11.4 Å². The van der Waals surface area contributed by atoms with Crippen LogP contribution in [0.1, 0.15) is 45.7 Å². The molecule has 0 N–H and O–H groups in total. The van der Waals surface area contributed by atoms with E-state index in [2.05, 4.69) is 5.10 Å². The Morgan fingerprint density at radius 2 is 1.86 bits per heavy atom. The summed E-state index contributed by atoms with van der Waals surface area (Å²) in [6.45, 7) is 1.26. The number of aryl methyl sites for hydroxylation is 2. The van der Waals surface area contributed by atoms with Gasteiger partial charge in [0.05, 0.1) is 24.2 Å². The Balaban J connectivity index is 1.59. The van der Waals surface area contributed by atoms with Crippen molar-refractivity contribution in [3.05, 3.63) is 70.5 Å². The van der Waals surface area contributed by atoms with Crippen LogP contribution in [0.25, 0.3) is 5.69 Å². The van der Waals surface area contributed by atoms with Crippen molar-refractivity contribution in [2.75, 3.05) is 18.6 Å². The highest BCUT2D eigenvalue weighted by Crippen LogP contribution is 2.38. The summed E-state index contributed by atoms with van der Waals surface area (Å²) in [5.41, 5.74) is 5.12. The second-order valence-electron chi connectivity index (χ2n) is 8.39. The topological polar surface area (TPSA) is 73.7 Å². The first-order valence-electron chi connectivity index (χ1n) is 11.4. The van der Waals surface area contributed by atoms with Crippen molar-refractivity contribution in [3.63, 3.8) is 0 Å². The van der Waals surface area contributed by atoms with E-state index in [1.54, 1.807) is 35.0 Å². The summed E-state index contributed by atoms with van der Waals surface area (Å²) in [6, 6.07) is 11.9. The molecule has 0 aliphatic carbocycles. The first-order chi connectivity index (χ1) is 16.8. The lowest BCUT2D eigenvalue weighted by molar-refractivity contribution is -0.140. The third-order valence-electron chi connectivity index (χ3n) is 6.25. The number of alkyl halides is 2. The van der Waals surface area contributed by atoms with Gasteiger partial charge in [0.1, 0.15) is 5.75 Å². The predicted molar refractivity (Wildman–Crippen MR) is 126 cm³/mol. The van der Waals surface area contributed by atoms with Crippen LogP contribution in [0.3, 0.4) is 0 Å². The number of hydrogen-bond acceptors (Lipinski definition) is 5. The molecule has 1 aliphatic rings. The molecule has 1 aliphatic heterocycles. The van der Waals surface area contributed by atoms with Crippen LogP contribution in [0, 0.1) is 13.8 Å². The normalized spacial score (nSPS) is 13.0. The second kappa shape index (κ2) is 10.2. The number of carbonyl (C=O) groups is 2. The Bertz CT molecular complexity index is 1240. The zero-order chi connectivity index (χ0) is 25.1. The number of aromatic nitrogens is 2. The summed E-state index contributed by atoms with van der Waals surface area (Å²) in [5.74, 6) is -0.556. The number of anilines is 1. The van der Waals surface area contributed by atoms with Crippen LogP contribution in [0.2, 0.25) is 0 Å². The standard InChI is InChI=1S/C26H27F2N3O4/c1-16-21(13-14-23(32)34-3)17(2)31(29-16)20-11-9-19(10-12-20)25(33)30-15-5-7-18-6-4-8-22(24(18)30)35-26(27)28/h4,6,8-12,26H,5,7,13-15H2,1-3H3. The van der Waals surface area contributed by atoms with E-state index in [0.29, 0.717) is 30.6 Å². The van der Waals surface area contributed by atoms with Gasteiger partial charge in [-0.15, -0.1) is 0 Å². The lowest BCUT2D eigenvalue weighted by Gasteiger charge is -2.31. The van der Waals surface area contributed by atoms with Crippen LogP contribution in [-0.2, 0) is 22.4 Å². The number of nitrogens with zero attached hydrogens (tertiary/aromatic N) is 3. The van der Waals surface area contributed by atoms with Crippen LogP contribution < -0.4 is 9.64 Å². The van der Waals surface area contributed by atoms with E-state index in [1.807, 2.05) is 19.9 Å². The van der Waals surface area contributed by atoms with E-state index in [1.165, 1.54) is 18.1 Å². The number of rotatable bonds is 7. The maximum Gasteiger partial charge on any atom is 0.387 e. The third kappa shape index (κ3) is 5.03. The Hall–Kier alpha value is -3.75. The molecule has 3 aromatic rings. The molecule has 0 spiro atoms. The average Bonchev–Trinajstić information content (AvgIpc) is 3.14. The molecular formula is C26H27F2N3O4. The number of methoxy groups -OCH3 is 1. The summed E-state index contributed by atoms with van der Waals surface area (Å²) in [4.78, 5) is 26.4. The number of esters is 1. The number of ether oxygens (including phenoxy) is 2. The van der Waals surface area contributed by atoms with Crippen LogP contribution >= 0.6 is 0 Å². The van der Waals surface area contributed by atoms with E-state index in [-0.39, 0.29) is 24.0 Å². The Kier molecular flexibility index (Phi) is 7.14. The Morgan fingerprint density at radius 1 is 1.11 bits per heavy atom. The fourth-order valence-electron chi connectivity index (χ4n) is 4.53. The van der Waals surface area contributed by atoms with Crippen molar-refractivity contribution < 1.29 is 27.8 Å². The number of halogens is 2. The zero-order valence-corrected chi connectivity index (χ0v) is 19.9. The minimum atomic E-state index is -2.97. The molecule has 0 saturated heterocycles. The first kappa shape index (κ1) is 24.4. The molecule has 1 amide bonds. The van der Waals surface area contributed by atoms with Crippen molar-refractivity contribution >= 4 is 17.6 Å². The molecule has 9 heteroatoms. The third-order valence-corrected chi connectivity index (χ3v) is 6.25. The second-order valence-corrected chi connectivity index (χ2v) is 8.39. The molecule has 4 rings (SSSR count). The quantitative estimate of drug-likeness (QED) is 0.452. The monoisotopic (exact) mass is 483 g/mol. The van der Waals surface area contributed by atoms with Gasteiger partial charge in [-0.25, -0.2) is 4.68 Å². The SMILES string of the molecule is COC(=O)CCc1c(C)nn(-c2ccc(C(=O)N3CCCc4cccc(OC(F)F)c43)cc2)c1C. The largest absolute Gasteiger partial charge is 0.469 e. The first-order valence-corrected chi connectivity index (χ1v) is 11.4. The molecule has 2 heterocycles. The van der Waals surface area contributed by atoms with E-state index in [4.69, 9.17) is 9.47 Å². The van der Waals surface area contributed by atoms with Gasteiger partial charge >= 0.3 is 12.6 Å². The molecule has 2 aromatic carbocycles. The lowest BCUT2D eigenvalue weighted by atomic mass is 10.00. The summed E-state index contributed by atoms with van der Waals surface area (Å²) < 4.78 is 37.1. The Labute approximate surface area is 202 Å². The molecule has 184 valence electrons. The smallest absolute Gasteiger partial charge is 0.387 e. The fraction of sp³-hybridized carbons (Fsp3) is 0.346. The minimum absolute atomic E-state index is 0.00398. The number of fused-ring (bicyclic) bond motifs is 1. The molecule has 0 fully saturated rings. The summed E-state index contributed by atoms with van der Waals surface area (Å²) >= 11 is 0. The van der Waals surface area contributed by atoms with Gasteiger partial charge in [0.15, 0.2) is 0 Å². The fourth-order valence-corrected chi connectivity index (χ4v) is 4.53. The maximum absolute atomic E-state index is 13.4. The van der Waals surface area contributed by atoms with Gasteiger partial charge in [-0.05, 0) is 74.6 Å². The van der Waals surface area contributed by atoms with E-state index < -0.39 is 6.61 Å². The Morgan fingerprint density at radius 3 is 2.54 bits per heavy atom. The zero-order valence-electron chi connectivity index (χ0n) is 19.9. The van der Waals surface area contributed by atoms with Gasteiger partial charge in [-0.2, -0.15) is 13.9 Å². The summed E-state index contributed by atoms with van der Waals surface area (Å²) in [7, 11) is 1.36. The predicted octanol–water partition coefficient (Wildman–Crippen LogP) is 4.79. The summed E-state index contributed by atoms with van der Waals surface area (Å²) in [6.07, 6.45) is 2.22. The van der Waals surface area contributed by atoms with Crippen LogP contribution in [-0.4, -0.2) is 41.9 Å². The molecule has 0 bridgehead atoms. The van der Waals surface area contributed by atoms with Crippen LogP contribution in [0.4, 0.5) is 14.5 Å². The highest BCUT2D eigenvalue weighted by molar-refractivity contribution is 6.07. The molecular weight excluding hydrogens is 456 g/mol. The van der Waals surface area contributed by atoms with Crippen LogP contribution in [0.5, 0.6) is 5.75 Å². The molecule has 7 nitrogen and oxygen atoms in total. The van der Waals surface area contributed by atoms with Crippen molar-refractivity contribution in [1.29, 1.82) is 0 Å². The lowest BCUT2D eigenvalue weighted by Crippen LogP contribution is -2.36. The van der Waals surface area contributed by atoms with Gasteiger partial charge in [-0.3, -0.25) is 9.59 Å². The van der Waals surface area contributed by atoms with Gasteiger partial charge in [0.25, 0.3) is 5.91 Å².